The quantitative estimate of drug-likeness (QED) is 0.675. The van der Waals surface area contributed by atoms with Crippen LogP contribution in [0.2, 0.25) is 5.02 Å². The van der Waals surface area contributed by atoms with Crippen LogP contribution in [0.5, 0.6) is 0 Å². The minimum absolute atomic E-state index is 0.0102. The van der Waals surface area contributed by atoms with Gasteiger partial charge in [-0.15, -0.1) is 0 Å². The summed E-state index contributed by atoms with van der Waals surface area (Å²) in [5.41, 5.74) is -0.294. The molecule has 0 saturated heterocycles. The SMILES string of the molecule is COC(=O)c1nc(-c2ccc(C(F)(F)F)cc2Cl)ccc1Br. The molecule has 0 atom stereocenters. The zero-order chi connectivity index (χ0) is 16.5. The van der Waals surface area contributed by atoms with Crippen molar-refractivity contribution in [1.29, 1.82) is 0 Å². The Kier molecular flexibility index (Phi) is 4.77. The Labute approximate surface area is 137 Å². The van der Waals surface area contributed by atoms with Crippen molar-refractivity contribution in [1.82, 2.24) is 4.98 Å². The number of carbonyl (C=O) groups is 1. The third-order valence-electron chi connectivity index (χ3n) is 2.80. The van der Waals surface area contributed by atoms with Crippen LogP contribution in [0.1, 0.15) is 16.1 Å². The molecule has 2 rings (SSSR count). The molecule has 0 unspecified atom stereocenters. The van der Waals surface area contributed by atoms with Crippen LogP contribution in [0.25, 0.3) is 11.3 Å². The van der Waals surface area contributed by atoms with Gasteiger partial charge in [0.1, 0.15) is 0 Å². The van der Waals surface area contributed by atoms with E-state index in [0.717, 1.165) is 12.1 Å². The number of methoxy groups -OCH3 is 1. The number of carbonyl (C=O) groups excluding carboxylic acids is 1. The molecule has 0 bridgehead atoms. The molecule has 1 aromatic carbocycles. The van der Waals surface area contributed by atoms with Crippen molar-refractivity contribution in [2.75, 3.05) is 7.11 Å². The predicted molar refractivity (Wildman–Crippen MR) is 78.7 cm³/mol. The molecule has 22 heavy (non-hydrogen) atoms. The summed E-state index contributed by atoms with van der Waals surface area (Å²) >= 11 is 9.06. The van der Waals surface area contributed by atoms with Gasteiger partial charge in [0.25, 0.3) is 0 Å². The van der Waals surface area contributed by atoms with E-state index in [4.69, 9.17) is 11.6 Å². The Morgan fingerprint density at radius 1 is 1.27 bits per heavy atom. The van der Waals surface area contributed by atoms with Crippen LogP contribution in [-0.2, 0) is 10.9 Å². The van der Waals surface area contributed by atoms with Gasteiger partial charge >= 0.3 is 12.1 Å². The molecule has 3 nitrogen and oxygen atoms in total. The van der Waals surface area contributed by atoms with Crippen molar-refractivity contribution in [2.45, 2.75) is 6.18 Å². The molecular weight excluding hydrogens is 387 g/mol. The van der Waals surface area contributed by atoms with Crippen molar-refractivity contribution in [2.24, 2.45) is 0 Å². The van der Waals surface area contributed by atoms with Gasteiger partial charge in [-0.25, -0.2) is 9.78 Å². The van der Waals surface area contributed by atoms with E-state index < -0.39 is 17.7 Å². The highest BCUT2D eigenvalue weighted by molar-refractivity contribution is 9.10. The first kappa shape index (κ1) is 16.8. The summed E-state index contributed by atoms with van der Waals surface area (Å²) < 4.78 is 42.9. The van der Waals surface area contributed by atoms with E-state index in [1.54, 1.807) is 6.07 Å². The lowest BCUT2D eigenvalue weighted by Gasteiger charge is -2.10. The fourth-order valence-corrected chi connectivity index (χ4v) is 2.39. The topological polar surface area (TPSA) is 39.2 Å². The average molecular weight is 395 g/mol. The van der Waals surface area contributed by atoms with Gasteiger partial charge in [0, 0.05) is 5.56 Å². The van der Waals surface area contributed by atoms with Crippen molar-refractivity contribution in [3.63, 3.8) is 0 Å². The monoisotopic (exact) mass is 393 g/mol. The van der Waals surface area contributed by atoms with Crippen molar-refractivity contribution in [3.05, 3.63) is 51.1 Å². The summed E-state index contributed by atoms with van der Waals surface area (Å²) in [7, 11) is 1.20. The number of hydrogen-bond acceptors (Lipinski definition) is 3. The molecule has 0 fully saturated rings. The van der Waals surface area contributed by atoms with Gasteiger partial charge in [0.2, 0.25) is 0 Å². The highest BCUT2D eigenvalue weighted by atomic mass is 79.9. The molecule has 116 valence electrons. The van der Waals surface area contributed by atoms with E-state index in [0.29, 0.717) is 4.47 Å². The Morgan fingerprint density at radius 3 is 2.50 bits per heavy atom. The van der Waals surface area contributed by atoms with Gasteiger partial charge in [0.05, 0.1) is 27.9 Å². The minimum Gasteiger partial charge on any atom is -0.464 e. The number of aromatic nitrogens is 1. The second kappa shape index (κ2) is 6.26. The number of halogens is 5. The molecule has 0 amide bonds. The molecule has 0 aliphatic carbocycles. The molecule has 1 aromatic heterocycles. The van der Waals surface area contributed by atoms with Crippen LogP contribution >= 0.6 is 27.5 Å². The van der Waals surface area contributed by atoms with Gasteiger partial charge in [-0.05, 0) is 40.2 Å². The van der Waals surface area contributed by atoms with Gasteiger partial charge in [-0.2, -0.15) is 13.2 Å². The largest absolute Gasteiger partial charge is 0.464 e. The Hall–Kier alpha value is -1.60. The first-order valence-corrected chi connectivity index (χ1v) is 7.03. The number of pyridine rings is 1. The van der Waals surface area contributed by atoms with Crippen LogP contribution in [0.3, 0.4) is 0 Å². The second-order valence-corrected chi connectivity index (χ2v) is 5.47. The molecule has 0 aliphatic heterocycles. The summed E-state index contributed by atoms with van der Waals surface area (Å²) in [6.45, 7) is 0. The molecule has 0 N–H and O–H groups in total. The van der Waals surface area contributed by atoms with E-state index in [9.17, 15) is 18.0 Å². The van der Waals surface area contributed by atoms with Crippen LogP contribution in [0.4, 0.5) is 13.2 Å². The van der Waals surface area contributed by atoms with Crippen molar-refractivity contribution < 1.29 is 22.7 Å². The smallest absolute Gasteiger partial charge is 0.416 e. The van der Waals surface area contributed by atoms with Crippen LogP contribution < -0.4 is 0 Å². The highest BCUT2D eigenvalue weighted by Crippen LogP contribution is 2.35. The number of esters is 1. The third kappa shape index (κ3) is 3.41. The zero-order valence-electron chi connectivity index (χ0n) is 11.0. The lowest BCUT2D eigenvalue weighted by molar-refractivity contribution is -0.137. The maximum absolute atomic E-state index is 12.6. The Balaban J connectivity index is 2.51. The normalized spacial score (nSPS) is 11.4. The number of benzene rings is 1. The maximum atomic E-state index is 12.6. The molecule has 1 heterocycles. The fourth-order valence-electron chi connectivity index (χ4n) is 1.73. The number of hydrogen-bond donors (Lipinski definition) is 0. The maximum Gasteiger partial charge on any atom is 0.416 e. The van der Waals surface area contributed by atoms with E-state index in [1.807, 2.05) is 0 Å². The molecule has 2 aromatic rings. The van der Waals surface area contributed by atoms with Gasteiger partial charge in [-0.1, -0.05) is 17.7 Å². The molecule has 0 radical (unpaired) electrons. The van der Waals surface area contributed by atoms with Crippen molar-refractivity contribution in [3.8, 4) is 11.3 Å². The molecule has 8 heteroatoms. The zero-order valence-corrected chi connectivity index (χ0v) is 13.4. The van der Waals surface area contributed by atoms with E-state index in [2.05, 4.69) is 25.7 Å². The number of nitrogens with zero attached hydrogens (tertiary/aromatic N) is 1. The number of ether oxygens (including phenoxy) is 1. The van der Waals surface area contributed by atoms with E-state index >= 15 is 0 Å². The Bertz CT molecular complexity index is 735. The van der Waals surface area contributed by atoms with Gasteiger partial charge in [-0.3, -0.25) is 0 Å². The minimum atomic E-state index is -4.48. The van der Waals surface area contributed by atoms with Crippen LogP contribution in [0.15, 0.2) is 34.8 Å². The van der Waals surface area contributed by atoms with Crippen molar-refractivity contribution >= 4 is 33.5 Å². The average Bonchev–Trinajstić information content (AvgIpc) is 2.46. The molecule has 0 saturated carbocycles. The summed E-state index contributed by atoms with van der Waals surface area (Å²) in [6.07, 6.45) is -4.48. The van der Waals surface area contributed by atoms with Gasteiger partial charge in [0.15, 0.2) is 5.69 Å². The third-order valence-corrected chi connectivity index (χ3v) is 3.75. The molecule has 0 spiro atoms. The summed E-state index contributed by atoms with van der Waals surface area (Å²) in [4.78, 5) is 15.7. The second-order valence-electron chi connectivity index (χ2n) is 4.21. The lowest BCUT2D eigenvalue weighted by atomic mass is 10.1. The first-order chi connectivity index (χ1) is 10.2. The van der Waals surface area contributed by atoms with Gasteiger partial charge < -0.3 is 4.74 Å². The van der Waals surface area contributed by atoms with E-state index in [1.165, 1.54) is 19.2 Å². The number of rotatable bonds is 2. The lowest BCUT2D eigenvalue weighted by Crippen LogP contribution is -2.07. The molecular formula is C14H8BrClF3NO2. The Morgan fingerprint density at radius 2 is 1.95 bits per heavy atom. The highest BCUT2D eigenvalue weighted by Gasteiger charge is 2.31. The fraction of sp³-hybridized carbons (Fsp3) is 0.143. The van der Waals surface area contributed by atoms with Crippen LogP contribution in [0, 0.1) is 0 Å². The summed E-state index contributed by atoms with van der Waals surface area (Å²) in [6, 6.07) is 6.01. The van der Waals surface area contributed by atoms with E-state index in [-0.39, 0.29) is 22.0 Å². The summed E-state index contributed by atoms with van der Waals surface area (Å²) in [5.74, 6) is -0.670. The predicted octanol–water partition coefficient (Wildman–Crippen LogP) is 4.97. The molecule has 0 aliphatic rings. The summed E-state index contributed by atoms with van der Waals surface area (Å²) in [5, 5.41) is -0.111. The van der Waals surface area contributed by atoms with Crippen LogP contribution in [-0.4, -0.2) is 18.1 Å². The first-order valence-electron chi connectivity index (χ1n) is 5.86. The standard InChI is InChI=1S/C14H8BrClF3NO2/c1-22-13(21)12-9(15)4-5-11(20-12)8-3-2-7(6-10(8)16)14(17,18)19/h2-6H,1H3. The number of alkyl halides is 3.